The molecule has 0 aliphatic rings. The second-order valence-corrected chi connectivity index (χ2v) is 25.9. The predicted octanol–water partition coefficient (Wildman–Crippen LogP) is 5.19. The van der Waals surface area contributed by atoms with E-state index in [-0.39, 0.29) is 142 Å². The molecular formula is C73H138N10O18. The van der Waals surface area contributed by atoms with Crippen molar-refractivity contribution < 1.29 is 85.8 Å². The molecule has 0 saturated heterocycles. The largest absolute Gasteiger partial charge is 0.379 e. The van der Waals surface area contributed by atoms with Crippen molar-refractivity contribution in [1.82, 2.24) is 49.4 Å². The van der Waals surface area contributed by atoms with Gasteiger partial charge in [0.2, 0.25) is 53.2 Å². The zero-order valence-electron chi connectivity index (χ0n) is 65.6. The third-order valence-electron chi connectivity index (χ3n) is 17.7. The lowest BCUT2D eigenvalue weighted by molar-refractivity contribution is -0.151. The Morgan fingerprint density at radius 2 is 0.465 bits per heavy atom. The van der Waals surface area contributed by atoms with E-state index in [0.29, 0.717) is 78.4 Å². The number of Topliss-reactive ketones (excluding diaryl/α,β-unsaturated/α-hetero) is 1. The molecule has 0 saturated carbocycles. The molecule has 0 heterocycles. The molecular weight excluding hydrogens is 1300 g/mol. The molecule has 0 spiro atoms. The van der Waals surface area contributed by atoms with Crippen LogP contribution in [0.3, 0.4) is 0 Å². The first kappa shape index (κ1) is 95.5. The van der Waals surface area contributed by atoms with Gasteiger partial charge in [0.1, 0.15) is 32.0 Å². The summed E-state index contributed by atoms with van der Waals surface area (Å²) in [6, 6.07) is -2.09. The Hall–Kier alpha value is -5.46. The van der Waals surface area contributed by atoms with E-state index in [9.17, 15) is 33.6 Å². The second kappa shape index (κ2) is 58.9. The van der Waals surface area contributed by atoms with E-state index < -0.39 is 105 Å². The molecule has 0 fully saturated rings. The molecule has 1 N–H and O–H groups in total. The minimum atomic E-state index is -0.622. The summed E-state index contributed by atoms with van der Waals surface area (Å²) < 4.78 is 46.0. The first-order valence-corrected chi connectivity index (χ1v) is 37.7. The summed E-state index contributed by atoms with van der Waals surface area (Å²) in [5.74, 6) is -4.92. The van der Waals surface area contributed by atoms with Crippen molar-refractivity contribution in [2.75, 3.05) is 197 Å². The summed E-state index contributed by atoms with van der Waals surface area (Å²) in [7, 11) is 0. The van der Waals surface area contributed by atoms with E-state index in [1.54, 1.807) is 20.8 Å². The van der Waals surface area contributed by atoms with Crippen LogP contribution in [-0.2, 0) is 85.8 Å². The van der Waals surface area contributed by atoms with Crippen LogP contribution in [0, 0.1) is 0 Å². The number of ether oxygens (including phenoxy) is 8. The lowest BCUT2D eigenvalue weighted by Crippen LogP contribution is -2.56. The normalized spacial score (nSPS) is 13.1. The zero-order valence-corrected chi connectivity index (χ0v) is 65.6. The maximum absolute atomic E-state index is 15.1. The molecule has 0 aromatic rings. The third kappa shape index (κ3) is 41.6. The van der Waals surface area contributed by atoms with Gasteiger partial charge < -0.3 is 87.3 Å². The molecule has 0 aromatic heterocycles. The molecule has 9 amide bonds. The van der Waals surface area contributed by atoms with Gasteiger partial charge in [-0.15, -0.1) is 0 Å². The number of nitrogens with zero attached hydrogens (tertiary/aromatic N) is 9. The molecule has 0 radical (unpaired) electrons. The molecule has 588 valence electrons. The van der Waals surface area contributed by atoms with Gasteiger partial charge in [-0.3, -0.25) is 47.9 Å². The molecule has 0 aliphatic heterocycles. The highest BCUT2D eigenvalue weighted by atomic mass is 16.5. The summed E-state index contributed by atoms with van der Waals surface area (Å²) in [5.41, 5.74) is 0. The molecule has 28 nitrogen and oxygen atoms in total. The SMILES string of the molecule is CCCOCCOCCN(CC(=O)N(CCOCCOCCC)CC(=O)N(CC(=O)N(CC(=O)N(CCOCCOCCC)CC(=O)N(CCOCCOCCC)CC(=O)N(CC(=O)N(CC(C)=O)C(C)CC)C(C)CC)C(C)CC)C(C)CC)C(=O)CN(C(=O)CNC(C)CC)C(C)CC. The van der Waals surface area contributed by atoms with Gasteiger partial charge in [-0.05, 0) is 113 Å². The van der Waals surface area contributed by atoms with Crippen molar-refractivity contribution in [3.8, 4) is 0 Å². The minimum Gasteiger partial charge on any atom is -0.379 e. The molecule has 0 aliphatic carbocycles. The number of amides is 9. The Morgan fingerprint density at radius 3 is 0.703 bits per heavy atom. The summed E-state index contributed by atoms with van der Waals surface area (Å²) in [4.78, 5) is 156. The van der Waals surface area contributed by atoms with Crippen molar-refractivity contribution in [2.24, 2.45) is 0 Å². The average Bonchev–Trinajstić information content (AvgIpc) is 0.860. The van der Waals surface area contributed by atoms with Crippen LogP contribution in [0.25, 0.3) is 0 Å². The van der Waals surface area contributed by atoms with Crippen LogP contribution in [0.1, 0.15) is 182 Å². The summed E-state index contributed by atoms with van der Waals surface area (Å²) in [5, 5.41) is 3.22. The fourth-order valence-electron chi connectivity index (χ4n) is 10.0. The molecule has 28 heteroatoms. The monoisotopic (exact) mass is 1440 g/mol. The van der Waals surface area contributed by atoms with Crippen molar-refractivity contribution >= 4 is 58.9 Å². The quantitative estimate of drug-likeness (QED) is 0.0767. The van der Waals surface area contributed by atoms with Gasteiger partial charge in [0.05, 0.1) is 119 Å². The number of carbonyl (C=O) groups is 10. The van der Waals surface area contributed by atoms with Crippen LogP contribution < -0.4 is 5.32 Å². The van der Waals surface area contributed by atoms with Crippen molar-refractivity contribution in [1.29, 1.82) is 0 Å². The molecule has 0 rings (SSSR count). The highest BCUT2D eigenvalue weighted by Crippen LogP contribution is 2.15. The third-order valence-corrected chi connectivity index (χ3v) is 17.7. The van der Waals surface area contributed by atoms with Crippen LogP contribution >= 0.6 is 0 Å². The van der Waals surface area contributed by atoms with E-state index in [0.717, 1.165) is 32.1 Å². The van der Waals surface area contributed by atoms with E-state index in [1.165, 1.54) is 51.0 Å². The van der Waals surface area contributed by atoms with Crippen molar-refractivity contribution in [3.05, 3.63) is 0 Å². The Labute approximate surface area is 607 Å². The molecule has 101 heavy (non-hydrogen) atoms. The van der Waals surface area contributed by atoms with E-state index in [4.69, 9.17) is 37.9 Å². The number of hydrogen-bond acceptors (Lipinski definition) is 19. The standard InChI is InChI=1S/C73H138N10O18/c1-18-32-94-40-44-98-36-28-75(68(88)54-80(60(13)24-7)65(85)48-74-58(11)22-5)50-66(86)78(31-39-101-47-43-97-35-21-4)53-71(91)83(63(16)27-10)57-73(93)81(61(14)25-8)55-69(89)76(29-37-99-45-41-95-33-19-2)51-67(87)77(30-38-100-46-42-96-34-20-3)52-70(90)82(62(15)26-9)56-72(92)79(49-64(17)84)59(12)23-6/h58-63,74H,18-57H2,1-17H3. The van der Waals surface area contributed by atoms with E-state index >= 15 is 14.4 Å². The first-order valence-electron chi connectivity index (χ1n) is 37.7. The van der Waals surface area contributed by atoms with Gasteiger partial charge in [0.15, 0.2) is 0 Å². The van der Waals surface area contributed by atoms with Crippen LogP contribution in [-0.4, -0.2) is 337 Å². The predicted molar refractivity (Wildman–Crippen MR) is 390 cm³/mol. The van der Waals surface area contributed by atoms with Crippen molar-refractivity contribution in [3.63, 3.8) is 0 Å². The van der Waals surface area contributed by atoms with Crippen molar-refractivity contribution in [2.45, 2.75) is 218 Å². The number of hydrogen-bond donors (Lipinski definition) is 1. The molecule has 0 aromatic carbocycles. The maximum Gasteiger partial charge on any atom is 0.242 e. The first-order chi connectivity index (χ1) is 48.3. The smallest absolute Gasteiger partial charge is 0.242 e. The Kier molecular flexibility index (Phi) is 55.7. The van der Waals surface area contributed by atoms with Crippen LogP contribution in [0.15, 0.2) is 0 Å². The van der Waals surface area contributed by atoms with E-state index in [1.807, 2.05) is 90.0 Å². The highest BCUT2D eigenvalue weighted by Gasteiger charge is 2.35. The Balaban J connectivity index is 7.58. The number of nitrogens with one attached hydrogen (secondary N) is 1. The highest BCUT2D eigenvalue weighted by molar-refractivity contribution is 5.94. The fourth-order valence-corrected chi connectivity index (χ4v) is 10.0. The average molecular weight is 1440 g/mol. The van der Waals surface area contributed by atoms with Gasteiger partial charge in [-0.1, -0.05) is 69.2 Å². The fraction of sp³-hybridized carbons (Fsp3) is 0.863. The zero-order chi connectivity index (χ0) is 76.1. The Morgan fingerprint density at radius 1 is 0.257 bits per heavy atom. The topological polar surface area (TPSA) is 286 Å². The number of carbonyl (C=O) groups excluding carboxylic acids is 10. The van der Waals surface area contributed by atoms with Gasteiger partial charge in [-0.2, -0.15) is 0 Å². The van der Waals surface area contributed by atoms with Crippen LogP contribution in [0.4, 0.5) is 0 Å². The summed E-state index contributed by atoms with van der Waals surface area (Å²) >= 11 is 0. The minimum absolute atomic E-state index is 0.000116. The molecule has 0 bridgehead atoms. The molecule has 6 atom stereocenters. The summed E-state index contributed by atoms with van der Waals surface area (Å²) in [6.07, 6.45) is 6.47. The van der Waals surface area contributed by atoms with Gasteiger partial charge in [0.25, 0.3) is 0 Å². The molecule has 6 unspecified atom stereocenters. The second-order valence-electron chi connectivity index (χ2n) is 25.9. The lowest BCUT2D eigenvalue weighted by Gasteiger charge is -2.36. The summed E-state index contributed by atoms with van der Waals surface area (Å²) in [6.45, 7) is 32.0. The van der Waals surface area contributed by atoms with Gasteiger partial charge in [-0.25, -0.2) is 0 Å². The number of rotatable bonds is 64. The van der Waals surface area contributed by atoms with Gasteiger partial charge >= 0.3 is 0 Å². The number of ketones is 1. The maximum atomic E-state index is 15.1. The van der Waals surface area contributed by atoms with Crippen LogP contribution in [0.2, 0.25) is 0 Å². The van der Waals surface area contributed by atoms with Gasteiger partial charge in [0, 0.05) is 88.9 Å². The Bertz CT molecular complexity index is 2310. The lowest BCUT2D eigenvalue weighted by atomic mass is 10.1. The van der Waals surface area contributed by atoms with Crippen LogP contribution in [0.5, 0.6) is 0 Å². The van der Waals surface area contributed by atoms with E-state index in [2.05, 4.69) is 5.32 Å².